The molecule has 0 aromatic heterocycles. The molecule has 1 amide bonds. The van der Waals surface area contributed by atoms with Gasteiger partial charge in [-0.15, -0.1) is 0 Å². The van der Waals surface area contributed by atoms with Gasteiger partial charge in [-0.1, -0.05) is 289 Å². The fraction of sp³-hybridized carbons (Fsp3) is 0.922. The Kier molecular flexibility index (Phi) is 50.8. The number of allylic oxidation sites excluding steroid dienone is 4. The number of nitrogens with one attached hydrogen (secondary N) is 1. The van der Waals surface area contributed by atoms with Gasteiger partial charge in [-0.05, 0) is 44.9 Å². The van der Waals surface area contributed by atoms with Crippen LogP contribution in [0.1, 0.15) is 309 Å². The van der Waals surface area contributed by atoms with Crippen molar-refractivity contribution in [2.24, 2.45) is 0 Å². The zero-order chi connectivity index (χ0) is 54.7. The Hall–Kier alpha value is -1.41. The third kappa shape index (κ3) is 41.3. The summed E-state index contributed by atoms with van der Waals surface area (Å²) in [5.41, 5.74) is 0. The minimum absolute atomic E-state index is 0.250. The van der Waals surface area contributed by atoms with Crippen molar-refractivity contribution in [1.29, 1.82) is 0 Å². The Morgan fingerprint density at radius 1 is 0.467 bits per heavy atom. The average Bonchev–Trinajstić information content (AvgIpc) is 3.41. The summed E-state index contributed by atoms with van der Waals surface area (Å²) in [6.45, 7) is 3.50. The molecule has 11 nitrogen and oxygen atoms in total. The van der Waals surface area contributed by atoms with E-state index in [1.165, 1.54) is 205 Å². The van der Waals surface area contributed by atoms with Gasteiger partial charge < -0.3 is 50.5 Å². The van der Waals surface area contributed by atoms with Crippen LogP contribution in [-0.4, -0.2) is 110 Å². The number of aliphatic hydroxyl groups is 7. The van der Waals surface area contributed by atoms with E-state index in [0.29, 0.717) is 19.3 Å². The van der Waals surface area contributed by atoms with Crippen LogP contribution in [0.3, 0.4) is 0 Å². The second kappa shape index (κ2) is 53.2. The molecule has 1 aliphatic rings. The molecule has 9 atom stereocenters. The summed E-state index contributed by atoms with van der Waals surface area (Å²) in [7, 11) is 0. The Balaban J connectivity index is 2.26. The number of carbonyl (C=O) groups excluding carboxylic acids is 1. The minimum Gasteiger partial charge on any atom is -0.394 e. The van der Waals surface area contributed by atoms with E-state index in [2.05, 4.69) is 43.5 Å². The first-order valence-corrected chi connectivity index (χ1v) is 32.2. The normalized spacial score (nSPS) is 19.8. The topological polar surface area (TPSA) is 189 Å². The molecule has 8 N–H and O–H groups in total. The number of aliphatic hydroxyl groups excluding tert-OH is 7. The van der Waals surface area contributed by atoms with E-state index in [9.17, 15) is 40.5 Å². The van der Waals surface area contributed by atoms with Crippen LogP contribution in [-0.2, 0) is 14.3 Å². The van der Waals surface area contributed by atoms with Gasteiger partial charge in [0.2, 0.25) is 5.91 Å². The van der Waals surface area contributed by atoms with Crippen LogP contribution in [0.15, 0.2) is 24.3 Å². The van der Waals surface area contributed by atoms with Crippen LogP contribution >= 0.6 is 0 Å². The summed E-state index contributed by atoms with van der Waals surface area (Å²) in [6, 6.07) is -1.17. The van der Waals surface area contributed by atoms with Crippen molar-refractivity contribution in [3.05, 3.63) is 24.3 Å². The van der Waals surface area contributed by atoms with Crippen molar-refractivity contribution in [3.8, 4) is 0 Å². The van der Waals surface area contributed by atoms with Gasteiger partial charge in [0, 0.05) is 0 Å². The molecule has 444 valence electrons. The van der Waals surface area contributed by atoms with Crippen molar-refractivity contribution in [2.75, 3.05) is 13.2 Å². The maximum atomic E-state index is 13.2. The van der Waals surface area contributed by atoms with E-state index >= 15 is 0 Å². The Morgan fingerprint density at radius 2 is 0.813 bits per heavy atom. The molecule has 0 saturated carbocycles. The van der Waals surface area contributed by atoms with Crippen molar-refractivity contribution in [1.82, 2.24) is 5.32 Å². The SMILES string of the molecule is CCCCCCCCCCC/C=C\C/C=C\CCCCCCCCC(O)C(=O)NC(COC1OC(CO)C(O)C(O)C1O)C(O)C(O)CCCCCCCCCCCCCCCCCCCCCCCCCCCC. The highest BCUT2D eigenvalue weighted by Crippen LogP contribution is 2.24. The van der Waals surface area contributed by atoms with Gasteiger partial charge in [-0.25, -0.2) is 0 Å². The van der Waals surface area contributed by atoms with Gasteiger partial charge in [0.15, 0.2) is 6.29 Å². The highest BCUT2D eigenvalue weighted by atomic mass is 16.7. The van der Waals surface area contributed by atoms with Gasteiger partial charge in [0.25, 0.3) is 0 Å². The zero-order valence-corrected chi connectivity index (χ0v) is 48.8. The van der Waals surface area contributed by atoms with Gasteiger partial charge in [0.05, 0.1) is 25.4 Å². The largest absolute Gasteiger partial charge is 0.394 e. The molecule has 1 heterocycles. The Morgan fingerprint density at radius 3 is 1.19 bits per heavy atom. The maximum Gasteiger partial charge on any atom is 0.249 e. The highest BCUT2D eigenvalue weighted by molar-refractivity contribution is 5.80. The second-order valence-corrected chi connectivity index (χ2v) is 22.8. The fourth-order valence-electron chi connectivity index (χ4n) is 10.5. The van der Waals surface area contributed by atoms with Crippen molar-refractivity contribution < 1.29 is 50.0 Å². The van der Waals surface area contributed by atoms with E-state index < -0.39 is 74.2 Å². The molecule has 0 spiro atoms. The summed E-state index contributed by atoms with van der Waals surface area (Å²) in [5, 5.41) is 76.4. The number of hydrogen-bond donors (Lipinski definition) is 8. The molecule has 9 unspecified atom stereocenters. The molecular weight excluding hydrogens is 943 g/mol. The summed E-state index contributed by atoms with van der Waals surface area (Å²) >= 11 is 0. The lowest BCUT2D eigenvalue weighted by Gasteiger charge is -2.40. The molecule has 0 aromatic carbocycles. The summed E-state index contributed by atoms with van der Waals surface area (Å²) < 4.78 is 11.2. The van der Waals surface area contributed by atoms with E-state index in [0.717, 1.165) is 64.2 Å². The number of ether oxygens (including phenoxy) is 2. The molecular formula is C64H123NO10. The van der Waals surface area contributed by atoms with Crippen LogP contribution in [0, 0.1) is 0 Å². The zero-order valence-electron chi connectivity index (χ0n) is 48.8. The maximum absolute atomic E-state index is 13.2. The highest BCUT2D eigenvalue weighted by Gasteiger charge is 2.44. The summed E-state index contributed by atoms with van der Waals surface area (Å²) in [5.74, 6) is -0.700. The molecule has 0 bridgehead atoms. The van der Waals surface area contributed by atoms with E-state index in [4.69, 9.17) is 9.47 Å². The predicted octanol–water partition coefficient (Wildman–Crippen LogP) is 14.5. The Labute approximate surface area is 461 Å². The van der Waals surface area contributed by atoms with Crippen molar-refractivity contribution in [3.63, 3.8) is 0 Å². The van der Waals surface area contributed by atoms with Gasteiger partial charge in [-0.2, -0.15) is 0 Å². The van der Waals surface area contributed by atoms with Crippen molar-refractivity contribution in [2.45, 2.75) is 364 Å². The summed E-state index contributed by atoms with van der Waals surface area (Å²) in [4.78, 5) is 13.2. The molecule has 11 heteroatoms. The first-order valence-electron chi connectivity index (χ1n) is 32.2. The number of unbranched alkanes of at least 4 members (excludes halogenated alkanes) is 40. The molecule has 1 aliphatic heterocycles. The number of carbonyl (C=O) groups is 1. The molecule has 1 rings (SSSR count). The third-order valence-corrected chi connectivity index (χ3v) is 15.8. The summed E-state index contributed by atoms with van der Waals surface area (Å²) in [6.07, 6.45) is 53.8. The van der Waals surface area contributed by atoms with Crippen LogP contribution < -0.4 is 5.32 Å². The lowest BCUT2D eigenvalue weighted by atomic mass is 9.98. The van der Waals surface area contributed by atoms with E-state index in [-0.39, 0.29) is 6.42 Å². The number of rotatable bonds is 56. The smallest absolute Gasteiger partial charge is 0.249 e. The molecule has 0 aromatic rings. The molecule has 75 heavy (non-hydrogen) atoms. The molecule has 1 fully saturated rings. The molecule has 0 radical (unpaired) electrons. The van der Waals surface area contributed by atoms with Crippen LogP contribution in [0.25, 0.3) is 0 Å². The van der Waals surface area contributed by atoms with Crippen LogP contribution in [0.4, 0.5) is 0 Å². The first-order chi connectivity index (χ1) is 36.7. The quantitative estimate of drug-likeness (QED) is 0.0215. The lowest BCUT2D eigenvalue weighted by molar-refractivity contribution is -0.303. The van der Waals surface area contributed by atoms with E-state index in [1.807, 2.05) is 0 Å². The monoisotopic (exact) mass is 1070 g/mol. The third-order valence-electron chi connectivity index (χ3n) is 15.8. The average molecular weight is 1070 g/mol. The Bertz CT molecular complexity index is 1270. The predicted molar refractivity (Wildman–Crippen MR) is 312 cm³/mol. The van der Waals surface area contributed by atoms with Gasteiger partial charge in [0.1, 0.15) is 36.6 Å². The fourth-order valence-corrected chi connectivity index (χ4v) is 10.5. The first kappa shape index (κ1) is 71.6. The second-order valence-electron chi connectivity index (χ2n) is 22.8. The standard InChI is InChI=1S/C64H123NO10/c1-3-5-7-9-11-13-15-17-19-21-23-25-27-28-29-30-32-33-35-37-39-41-43-45-47-49-51-56(67)59(69)55(54-74-64-62(72)61(71)60(70)58(53-66)75-64)65-63(73)57(68)52-50-48-46-44-42-40-38-36-34-31-26-24-22-20-18-16-14-12-10-8-6-4-2/h24,26,34,36,55-62,64,66-72H,3-23,25,27-33,35,37-54H2,1-2H3,(H,65,73)/b26-24-,36-34-. The number of amides is 1. The lowest BCUT2D eigenvalue weighted by Crippen LogP contribution is -2.60. The van der Waals surface area contributed by atoms with Gasteiger partial charge >= 0.3 is 0 Å². The van der Waals surface area contributed by atoms with Gasteiger partial charge in [-0.3, -0.25) is 4.79 Å². The minimum atomic E-state index is -1.66. The van der Waals surface area contributed by atoms with Crippen LogP contribution in [0.5, 0.6) is 0 Å². The van der Waals surface area contributed by atoms with E-state index in [1.54, 1.807) is 0 Å². The van der Waals surface area contributed by atoms with Crippen LogP contribution in [0.2, 0.25) is 0 Å². The number of hydrogen-bond acceptors (Lipinski definition) is 10. The molecule has 1 saturated heterocycles. The molecule has 0 aliphatic carbocycles. The van der Waals surface area contributed by atoms with Crippen molar-refractivity contribution >= 4 is 5.91 Å².